The van der Waals surface area contributed by atoms with Gasteiger partial charge in [-0.15, -0.1) is 0 Å². The third-order valence-electron chi connectivity index (χ3n) is 4.47. The molecule has 1 aromatic carbocycles. The van der Waals surface area contributed by atoms with Crippen LogP contribution < -0.4 is 10.1 Å². The molecule has 174 valence electrons. The van der Waals surface area contributed by atoms with E-state index in [1.54, 1.807) is 0 Å². The molecule has 0 aliphatic rings. The number of hydrogen-bond acceptors (Lipinski definition) is 7. The number of carbonyl (C=O) groups is 3. The molecule has 0 fully saturated rings. The van der Waals surface area contributed by atoms with Crippen molar-refractivity contribution in [1.29, 1.82) is 0 Å². The standard InChI is InChI=1S/C19H19F3N2O7S/c1-9-16(18(27)31-4)13(24-17(9)10(2)25)8-15(26)23-12-7-11(5-6-14(12)30-3)32(28,29)19(20,21)22/h5-7,24H,8H2,1-4H3,(H,23,26). The van der Waals surface area contributed by atoms with Crippen molar-refractivity contribution in [3.63, 3.8) is 0 Å². The first-order chi connectivity index (χ1) is 14.7. The van der Waals surface area contributed by atoms with Gasteiger partial charge in [-0.3, -0.25) is 9.59 Å². The molecule has 0 atom stereocenters. The first kappa shape index (κ1) is 24.9. The lowest BCUT2D eigenvalue weighted by molar-refractivity contribution is -0.115. The Morgan fingerprint density at radius 3 is 2.28 bits per heavy atom. The molecular formula is C19H19F3N2O7S. The van der Waals surface area contributed by atoms with Crippen LogP contribution in [0.25, 0.3) is 0 Å². The van der Waals surface area contributed by atoms with Crippen LogP contribution in [0.15, 0.2) is 23.1 Å². The average molecular weight is 476 g/mol. The highest BCUT2D eigenvalue weighted by atomic mass is 32.2. The number of alkyl halides is 3. The maximum absolute atomic E-state index is 12.9. The van der Waals surface area contributed by atoms with Crippen molar-refractivity contribution in [2.24, 2.45) is 0 Å². The number of rotatable bonds is 7. The van der Waals surface area contributed by atoms with Crippen LogP contribution in [-0.4, -0.2) is 50.8 Å². The van der Waals surface area contributed by atoms with Crippen molar-refractivity contribution in [3.8, 4) is 5.75 Å². The van der Waals surface area contributed by atoms with Crippen molar-refractivity contribution < 1.29 is 45.4 Å². The second-order valence-electron chi connectivity index (χ2n) is 6.56. The summed E-state index contributed by atoms with van der Waals surface area (Å²) >= 11 is 0. The van der Waals surface area contributed by atoms with Crippen LogP contribution in [-0.2, 0) is 25.8 Å². The fraction of sp³-hybridized carbons (Fsp3) is 0.316. The number of sulfone groups is 1. The number of aromatic amines is 1. The molecule has 0 unspecified atom stereocenters. The zero-order valence-electron chi connectivity index (χ0n) is 17.3. The third-order valence-corrected chi connectivity index (χ3v) is 5.95. The van der Waals surface area contributed by atoms with E-state index < -0.39 is 44.3 Å². The Morgan fingerprint density at radius 2 is 1.78 bits per heavy atom. The van der Waals surface area contributed by atoms with Crippen molar-refractivity contribution in [1.82, 2.24) is 4.98 Å². The summed E-state index contributed by atoms with van der Waals surface area (Å²) in [5.74, 6) is -2.12. The second kappa shape index (κ2) is 9.02. The van der Waals surface area contributed by atoms with Gasteiger partial charge < -0.3 is 19.8 Å². The first-order valence-corrected chi connectivity index (χ1v) is 10.3. The molecule has 0 spiro atoms. The molecule has 0 aliphatic carbocycles. The van der Waals surface area contributed by atoms with E-state index in [1.807, 2.05) is 0 Å². The molecule has 2 N–H and O–H groups in total. The summed E-state index contributed by atoms with van der Waals surface area (Å²) in [5, 5.41) is 2.26. The maximum atomic E-state index is 12.9. The van der Waals surface area contributed by atoms with Crippen molar-refractivity contribution in [3.05, 3.63) is 40.7 Å². The van der Waals surface area contributed by atoms with E-state index in [2.05, 4.69) is 15.0 Å². The zero-order valence-corrected chi connectivity index (χ0v) is 18.2. The van der Waals surface area contributed by atoms with Gasteiger partial charge in [-0.2, -0.15) is 13.2 Å². The summed E-state index contributed by atoms with van der Waals surface area (Å²) in [6.45, 7) is 2.73. The number of amides is 1. The first-order valence-electron chi connectivity index (χ1n) is 8.84. The fourth-order valence-electron chi connectivity index (χ4n) is 2.96. The Bertz CT molecular complexity index is 1180. The van der Waals surface area contributed by atoms with E-state index in [4.69, 9.17) is 4.74 Å². The van der Waals surface area contributed by atoms with E-state index in [9.17, 15) is 36.0 Å². The number of methoxy groups -OCH3 is 2. The molecule has 0 aliphatic heterocycles. The average Bonchev–Trinajstić information content (AvgIpc) is 3.02. The van der Waals surface area contributed by atoms with E-state index in [-0.39, 0.29) is 34.0 Å². The van der Waals surface area contributed by atoms with Gasteiger partial charge in [-0.1, -0.05) is 0 Å². The van der Waals surface area contributed by atoms with Crippen molar-refractivity contribution in [2.45, 2.75) is 30.7 Å². The summed E-state index contributed by atoms with van der Waals surface area (Å²) in [5.41, 5.74) is -5.52. The fourth-order valence-corrected chi connectivity index (χ4v) is 3.75. The topological polar surface area (TPSA) is 132 Å². The predicted molar refractivity (Wildman–Crippen MR) is 105 cm³/mol. The normalized spacial score (nSPS) is 11.7. The maximum Gasteiger partial charge on any atom is 0.501 e. The zero-order chi connectivity index (χ0) is 24.4. The van der Waals surface area contributed by atoms with Crippen LogP contribution in [0.1, 0.15) is 39.0 Å². The monoisotopic (exact) mass is 476 g/mol. The Hall–Kier alpha value is -3.35. The molecule has 9 nitrogen and oxygen atoms in total. The highest BCUT2D eigenvalue weighted by Gasteiger charge is 2.47. The molecule has 0 bridgehead atoms. The van der Waals surface area contributed by atoms with Crippen LogP contribution in [0.3, 0.4) is 0 Å². The molecule has 2 rings (SSSR count). The summed E-state index contributed by atoms with van der Waals surface area (Å²) in [7, 11) is -3.38. The van der Waals surface area contributed by atoms with Gasteiger partial charge in [0.25, 0.3) is 9.84 Å². The minimum absolute atomic E-state index is 0.0341. The SMILES string of the molecule is COC(=O)c1c(CC(=O)Nc2cc(S(=O)(=O)C(F)(F)F)ccc2OC)[nH]c(C(C)=O)c1C. The lowest BCUT2D eigenvalue weighted by Crippen LogP contribution is -2.23. The van der Waals surface area contributed by atoms with Crippen molar-refractivity contribution >= 4 is 33.2 Å². The minimum atomic E-state index is -5.66. The Morgan fingerprint density at radius 1 is 1.16 bits per heavy atom. The molecule has 1 heterocycles. The number of ketones is 1. The van der Waals surface area contributed by atoms with Crippen LogP contribution in [0.5, 0.6) is 5.75 Å². The van der Waals surface area contributed by atoms with Gasteiger partial charge in [0.2, 0.25) is 5.91 Å². The third kappa shape index (κ3) is 4.77. The Labute approximate surface area is 180 Å². The lowest BCUT2D eigenvalue weighted by Gasteiger charge is -2.13. The van der Waals surface area contributed by atoms with Gasteiger partial charge in [0.15, 0.2) is 5.78 Å². The molecule has 0 saturated heterocycles. The van der Waals surface area contributed by atoms with E-state index in [0.717, 1.165) is 13.2 Å². The van der Waals surface area contributed by atoms with Gasteiger partial charge in [0.1, 0.15) is 5.75 Å². The predicted octanol–water partition coefficient (Wildman–Crippen LogP) is 2.80. The van der Waals surface area contributed by atoms with Gasteiger partial charge >= 0.3 is 11.5 Å². The number of benzene rings is 1. The van der Waals surface area contributed by atoms with Gasteiger partial charge in [-0.05, 0) is 30.7 Å². The molecular weight excluding hydrogens is 457 g/mol. The van der Waals surface area contributed by atoms with E-state index in [1.165, 1.54) is 21.0 Å². The smallest absolute Gasteiger partial charge is 0.495 e. The molecule has 1 amide bonds. The molecule has 32 heavy (non-hydrogen) atoms. The quantitative estimate of drug-likeness (QED) is 0.464. The van der Waals surface area contributed by atoms with Gasteiger partial charge in [-0.25, -0.2) is 13.2 Å². The van der Waals surface area contributed by atoms with Crippen LogP contribution >= 0.6 is 0 Å². The van der Waals surface area contributed by atoms with Gasteiger partial charge in [0, 0.05) is 12.6 Å². The van der Waals surface area contributed by atoms with E-state index in [0.29, 0.717) is 12.1 Å². The summed E-state index contributed by atoms with van der Waals surface area (Å²) < 4.78 is 71.6. The largest absolute Gasteiger partial charge is 0.501 e. The summed E-state index contributed by atoms with van der Waals surface area (Å²) in [6, 6.07) is 2.27. The van der Waals surface area contributed by atoms with Crippen LogP contribution in [0, 0.1) is 6.92 Å². The molecule has 0 radical (unpaired) electrons. The Kier molecular flexibility index (Phi) is 7.03. The van der Waals surface area contributed by atoms with Gasteiger partial charge in [0.05, 0.1) is 42.5 Å². The number of halogens is 3. The number of hydrogen-bond donors (Lipinski definition) is 2. The number of esters is 1. The Balaban J connectivity index is 2.42. The van der Waals surface area contributed by atoms with Crippen LogP contribution in [0.2, 0.25) is 0 Å². The number of H-pyrrole nitrogens is 1. The highest BCUT2D eigenvalue weighted by molar-refractivity contribution is 7.92. The molecule has 2 aromatic rings. The van der Waals surface area contributed by atoms with Crippen molar-refractivity contribution in [2.75, 3.05) is 19.5 Å². The number of ether oxygens (including phenoxy) is 2. The summed E-state index contributed by atoms with van der Waals surface area (Å²) in [6.07, 6.45) is -0.502. The number of aromatic nitrogens is 1. The number of anilines is 1. The molecule has 1 aromatic heterocycles. The highest BCUT2D eigenvalue weighted by Crippen LogP contribution is 2.34. The van der Waals surface area contributed by atoms with Crippen LogP contribution in [0.4, 0.5) is 18.9 Å². The number of Topliss-reactive ketones (excluding diaryl/α,β-unsaturated/α-hetero) is 1. The van der Waals surface area contributed by atoms with E-state index >= 15 is 0 Å². The molecule has 13 heteroatoms. The number of carbonyl (C=O) groups excluding carboxylic acids is 3. The number of nitrogens with one attached hydrogen (secondary N) is 2. The molecule has 0 saturated carbocycles. The summed E-state index contributed by atoms with van der Waals surface area (Å²) in [4.78, 5) is 38.0. The second-order valence-corrected chi connectivity index (χ2v) is 8.50. The lowest BCUT2D eigenvalue weighted by atomic mass is 10.1. The minimum Gasteiger partial charge on any atom is -0.495 e.